The van der Waals surface area contributed by atoms with E-state index in [0.717, 1.165) is 0 Å². The smallest absolute Gasteiger partial charge is 0.259 e. The summed E-state index contributed by atoms with van der Waals surface area (Å²) in [7, 11) is 1.48. The number of methoxy groups -OCH3 is 1. The van der Waals surface area contributed by atoms with Gasteiger partial charge in [0.05, 0.1) is 18.4 Å². The van der Waals surface area contributed by atoms with Crippen LogP contribution >= 0.6 is 22.6 Å². The maximum atomic E-state index is 13.0. The van der Waals surface area contributed by atoms with Crippen molar-refractivity contribution < 1.29 is 13.9 Å². The van der Waals surface area contributed by atoms with Gasteiger partial charge in [-0.25, -0.2) is 4.39 Å². The van der Waals surface area contributed by atoms with Gasteiger partial charge in [-0.2, -0.15) is 0 Å². The summed E-state index contributed by atoms with van der Waals surface area (Å²) in [6, 6.07) is 8.94. The molecule has 0 atom stereocenters. The minimum Gasteiger partial charge on any atom is -0.496 e. The Bertz CT molecular complexity index is 662. The summed E-state index contributed by atoms with van der Waals surface area (Å²) in [4.78, 5) is 12.2. The van der Waals surface area contributed by atoms with Crippen molar-refractivity contribution in [3.63, 3.8) is 0 Å². The van der Waals surface area contributed by atoms with Gasteiger partial charge < -0.3 is 15.8 Å². The Hall–Kier alpha value is -1.83. The molecule has 0 aromatic heterocycles. The molecule has 2 rings (SSSR count). The van der Waals surface area contributed by atoms with Crippen LogP contribution < -0.4 is 15.8 Å². The largest absolute Gasteiger partial charge is 0.496 e. The molecule has 104 valence electrons. The minimum absolute atomic E-state index is 0.327. The monoisotopic (exact) mass is 386 g/mol. The number of halogens is 2. The van der Waals surface area contributed by atoms with Gasteiger partial charge in [0.25, 0.3) is 5.91 Å². The summed E-state index contributed by atoms with van der Waals surface area (Å²) < 4.78 is 18.8. The SMILES string of the molecule is COc1ccc(N)cc1C(=O)Nc1ccc(F)cc1I. The lowest BCUT2D eigenvalue weighted by atomic mass is 10.1. The summed E-state index contributed by atoms with van der Waals surface area (Å²) in [6.07, 6.45) is 0. The average molecular weight is 386 g/mol. The standard InChI is InChI=1S/C14H12FIN2O2/c1-20-13-5-3-9(17)7-10(13)14(19)18-12-4-2-8(15)6-11(12)16/h2-7H,17H2,1H3,(H,18,19). The summed E-state index contributed by atoms with van der Waals surface area (Å²) in [5.74, 6) is -0.290. The second-order valence-electron chi connectivity index (χ2n) is 4.04. The molecule has 2 aromatic rings. The zero-order chi connectivity index (χ0) is 14.7. The van der Waals surface area contributed by atoms with Gasteiger partial charge in [-0.3, -0.25) is 4.79 Å². The molecule has 0 saturated carbocycles. The number of nitrogen functional groups attached to an aromatic ring is 1. The van der Waals surface area contributed by atoms with Crippen LogP contribution in [0.5, 0.6) is 5.75 Å². The summed E-state index contributed by atoms with van der Waals surface area (Å²) in [5.41, 5.74) is 6.99. The zero-order valence-corrected chi connectivity index (χ0v) is 12.8. The van der Waals surface area contributed by atoms with E-state index in [1.807, 2.05) is 22.6 Å². The van der Waals surface area contributed by atoms with Crippen molar-refractivity contribution in [3.05, 3.63) is 51.3 Å². The second-order valence-corrected chi connectivity index (χ2v) is 5.20. The van der Waals surface area contributed by atoms with Crippen molar-refractivity contribution in [1.82, 2.24) is 0 Å². The molecule has 0 aliphatic rings. The molecule has 4 nitrogen and oxygen atoms in total. The van der Waals surface area contributed by atoms with Crippen LogP contribution in [0.1, 0.15) is 10.4 Å². The second kappa shape index (κ2) is 6.08. The fraction of sp³-hybridized carbons (Fsp3) is 0.0714. The molecule has 0 aliphatic carbocycles. The van der Waals surface area contributed by atoms with E-state index in [1.165, 1.54) is 31.4 Å². The first-order chi connectivity index (χ1) is 9.51. The number of carbonyl (C=O) groups is 1. The van der Waals surface area contributed by atoms with Gasteiger partial charge in [-0.1, -0.05) is 0 Å². The van der Waals surface area contributed by atoms with Crippen molar-refractivity contribution in [2.75, 3.05) is 18.2 Å². The van der Waals surface area contributed by atoms with Crippen LogP contribution in [-0.4, -0.2) is 13.0 Å². The van der Waals surface area contributed by atoms with Gasteiger partial charge in [0.2, 0.25) is 0 Å². The zero-order valence-electron chi connectivity index (χ0n) is 10.6. The van der Waals surface area contributed by atoms with E-state index in [0.29, 0.717) is 26.3 Å². The molecule has 0 aliphatic heterocycles. The van der Waals surface area contributed by atoms with E-state index in [4.69, 9.17) is 10.5 Å². The third kappa shape index (κ3) is 3.19. The number of rotatable bonds is 3. The van der Waals surface area contributed by atoms with E-state index in [9.17, 15) is 9.18 Å². The van der Waals surface area contributed by atoms with Crippen molar-refractivity contribution in [1.29, 1.82) is 0 Å². The molecule has 0 heterocycles. The van der Waals surface area contributed by atoms with Gasteiger partial charge in [-0.15, -0.1) is 0 Å². The van der Waals surface area contributed by atoms with Gasteiger partial charge >= 0.3 is 0 Å². The van der Waals surface area contributed by atoms with Crippen LogP contribution in [-0.2, 0) is 0 Å². The number of carbonyl (C=O) groups excluding carboxylic acids is 1. The van der Waals surface area contributed by atoms with Gasteiger partial charge in [0, 0.05) is 9.26 Å². The highest BCUT2D eigenvalue weighted by atomic mass is 127. The predicted molar refractivity (Wildman–Crippen MR) is 84.5 cm³/mol. The van der Waals surface area contributed by atoms with Gasteiger partial charge in [0.15, 0.2) is 0 Å². The first-order valence-electron chi connectivity index (χ1n) is 5.71. The summed E-state index contributed by atoms with van der Waals surface area (Å²) in [5, 5.41) is 2.71. The molecule has 6 heteroatoms. The number of hydrogen-bond acceptors (Lipinski definition) is 3. The topological polar surface area (TPSA) is 64.3 Å². The molecule has 0 saturated heterocycles. The van der Waals surface area contributed by atoms with Crippen LogP contribution in [0.4, 0.5) is 15.8 Å². The Labute approximate surface area is 129 Å². The van der Waals surface area contributed by atoms with E-state index >= 15 is 0 Å². The number of hydrogen-bond donors (Lipinski definition) is 2. The molecular formula is C14H12FIN2O2. The first kappa shape index (κ1) is 14.6. The van der Waals surface area contributed by atoms with E-state index in [2.05, 4.69) is 5.32 Å². The Kier molecular flexibility index (Phi) is 4.43. The molecule has 0 fully saturated rings. The van der Waals surface area contributed by atoms with Crippen molar-refractivity contribution in [3.8, 4) is 5.75 Å². The van der Waals surface area contributed by atoms with Crippen LogP contribution in [0, 0.1) is 9.39 Å². The number of amides is 1. The molecule has 20 heavy (non-hydrogen) atoms. The molecule has 3 N–H and O–H groups in total. The number of nitrogens with two attached hydrogens (primary N) is 1. The van der Waals surface area contributed by atoms with Gasteiger partial charge in [0.1, 0.15) is 11.6 Å². The van der Waals surface area contributed by atoms with E-state index in [1.54, 1.807) is 12.1 Å². The normalized spacial score (nSPS) is 10.2. The number of ether oxygens (including phenoxy) is 1. The van der Waals surface area contributed by atoms with Crippen LogP contribution in [0.3, 0.4) is 0 Å². The molecule has 2 aromatic carbocycles. The molecule has 0 radical (unpaired) electrons. The van der Waals surface area contributed by atoms with Crippen LogP contribution in [0.25, 0.3) is 0 Å². The average Bonchev–Trinajstić information content (AvgIpc) is 2.41. The highest BCUT2D eigenvalue weighted by Gasteiger charge is 2.14. The molecule has 0 unspecified atom stereocenters. The lowest BCUT2D eigenvalue weighted by molar-refractivity contribution is 0.102. The maximum absolute atomic E-state index is 13.0. The first-order valence-corrected chi connectivity index (χ1v) is 6.79. The fourth-order valence-electron chi connectivity index (χ4n) is 1.68. The molecule has 0 bridgehead atoms. The highest BCUT2D eigenvalue weighted by Crippen LogP contribution is 2.24. The lowest BCUT2D eigenvalue weighted by Gasteiger charge is -2.11. The lowest BCUT2D eigenvalue weighted by Crippen LogP contribution is -2.14. The van der Waals surface area contributed by atoms with E-state index < -0.39 is 0 Å². The van der Waals surface area contributed by atoms with Crippen LogP contribution in [0.2, 0.25) is 0 Å². The predicted octanol–water partition coefficient (Wildman–Crippen LogP) is 3.27. The molecule has 0 spiro atoms. The van der Waals surface area contributed by atoms with Crippen LogP contribution in [0.15, 0.2) is 36.4 Å². The Balaban J connectivity index is 2.30. The maximum Gasteiger partial charge on any atom is 0.259 e. The minimum atomic E-state index is -0.362. The third-order valence-corrected chi connectivity index (χ3v) is 3.54. The van der Waals surface area contributed by atoms with E-state index in [-0.39, 0.29) is 11.7 Å². The number of nitrogens with one attached hydrogen (secondary N) is 1. The van der Waals surface area contributed by atoms with Gasteiger partial charge in [-0.05, 0) is 59.0 Å². The quantitative estimate of drug-likeness (QED) is 0.629. The van der Waals surface area contributed by atoms with Crippen molar-refractivity contribution in [2.24, 2.45) is 0 Å². The number of benzene rings is 2. The Morgan fingerprint density at radius 3 is 2.70 bits per heavy atom. The van der Waals surface area contributed by atoms with Crippen molar-refractivity contribution in [2.45, 2.75) is 0 Å². The Morgan fingerprint density at radius 1 is 1.30 bits per heavy atom. The number of anilines is 2. The highest BCUT2D eigenvalue weighted by molar-refractivity contribution is 14.1. The Morgan fingerprint density at radius 2 is 2.05 bits per heavy atom. The summed E-state index contributed by atoms with van der Waals surface area (Å²) in [6.45, 7) is 0. The molecular weight excluding hydrogens is 374 g/mol. The third-order valence-electron chi connectivity index (χ3n) is 2.65. The summed E-state index contributed by atoms with van der Waals surface area (Å²) >= 11 is 1.95. The molecule has 1 amide bonds. The fourth-order valence-corrected chi connectivity index (χ4v) is 2.30. The van der Waals surface area contributed by atoms with Crippen molar-refractivity contribution >= 4 is 39.9 Å².